The van der Waals surface area contributed by atoms with Gasteiger partial charge in [0.05, 0.1) is 11.4 Å². The Bertz CT molecular complexity index is 349. The molecule has 2 aliphatic heterocycles. The van der Waals surface area contributed by atoms with Crippen LogP contribution in [-0.2, 0) is 0 Å². The molecular weight excluding hydrogens is 194 g/mol. The molecule has 2 atom stereocenters. The van der Waals surface area contributed by atoms with Gasteiger partial charge in [-0.1, -0.05) is 0 Å². The minimum absolute atomic E-state index is 0.360. The fourth-order valence-corrected chi connectivity index (χ4v) is 3.50. The van der Waals surface area contributed by atoms with Gasteiger partial charge in [0, 0.05) is 43.0 Å². The van der Waals surface area contributed by atoms with Crippen LogP contribution in [0.1, 0.15) is 6.42 Å². The van der Waals surface area contributed by atoms with Crippen molar-refractivity contribution in [3.63, 3.8) is 0 Å². The molecule has 0 aliphatic carbocycles. The topological polar surface area (TPSA) is 32.5 Å². The first-order valence-corrected chi connectivity index (χ1v) is 5.99. The molecule has 76 valence electrons. The third-order valence-electron chi connectivity index (χ3n) is 3.27. The molecule has 2 N–H and O–H groups in total. The van der Waals surface area contributed by atoms with Gasteiger partial charge in [0.15, 0.2) is 0 Å². The molecular formula is C10H15N3S. The fourth-order valence-electron chi connectivity index (χ4n) is 2.62. The summed E-state index contributed by atoms with van der Waals surface area (Å²) >= 11 is 1.79. The molecule has 1 saturated heterocycles. The zero-order valence-corrected chi connectivity index (χ0v) is 9.13. The van der Waals surface area contributed by atoms with Crippen molar-refractivity contribution in [2.75, 3.05) is 29.9 Å². The summed E-state index contributed by atoms with van der Waals surface area (Å²) in [6, 6.07) is 0.997. The Balaban J connectivity index is 2.02. The molecule has 1 aromatic rings. The Morgan fingerprint density at radius 3 is 3.00 bits per heavy atom. The lowest BCUT2D eigenvalue weighted by atomic mass is 10.1. The number of thiophene rings is 1. The molecule has 0 spiro atoms. The molecule has 3 rings (SSSR count). The van der Waals surface area contributed by atoms with E-state index in [0.717, 1.165) is 19.5 Å². The van der Waals surface area contributed by atoms with Gasteiger partial charge in [-0.2, -0.15) is 0 Å². The molecule has 3 heterocycles. The summed E-state index contributed by atoms with van der Waals surface area (Å²) in [5.74, 6) is 0. The van der Waals surface area contributed by atoms with Crippen molar-refractivity contribution in [1.29, 1.82) is 0 Å². The largest absolute Gasteiger partial charge is 0.370 e. The van der Waals surface area contributed by atoms with E-state index in [4.69, 9.17) is 5.73 Å². The Morgan fingerprint density at radius 1 is 1.36 bits per heavy atom. The maximum atomic E-state index is 6.01. The third kappa shape index (κ3) is 1.07. The summed E-state index contributed by atoms with van der Waals surface area (Å²) < 4.78 is 0. The zero-order chi connectivity index (χ0) is 9.71. The predicted molar refractivity (Wildman–Crippen MR) is 61.3 cm³/mol. The van der Waals surface area contributed by atoms with Crippen LogP contribution in [0, 0.1) is 0 Å². The number of hydrogen-bond acceptors (Lipinski definition) is 4. The summed E-state index contributed by atoms with van der Waals surface area (Å²) in [4.78, 5) is 4.83. The van der Waals surface area contributed by atoms with E-state index in [-0.39, 0.29) is 0 Å². The van der Waals surface area contributed by atoms with Crippen LogP contribution in [0.4, 0.5) is 11.4 Å². The van der Waals surface area contributed by atoms with E-state index in [0.29, 0.717) is 12.1 Å². The number of likely N-dealkylation sites (N-methyl/N-ethyl adjacent to an activating group) is 1. The molecule has 2 aliphatic rings. The highest BCUT2D eigenvalue weighted by Crippen LogP contribution is 2.40. The highest BCUT2D eigenvalue weighted by Gasteiger charge is 2.36. The summed E-state index contributed by atoms with van der Waals surface area (Å²) in [5.41, 5.74) is 8.77. The van der Waals surface area contributed by atoms with Gasteiger partial charge in [-0.25, -0.2) is 0 Å². The Morgan fingerprint density at radius 2 is 2.14 bits per heavy atom. The average molecular weight is 209 g/mol. The zero-order valence-electron chi connectivity index (χ0n) is 8.31. The number of nitrogens with zero attached hydrogens (tertiary/aromatic N) is 2. The second-order valence-corrected chi connectivity index (χ2v) is 5.07. The van der Waals surface area contributed by atoms with Crippen LogP contribution in [-0.4, -0.2) is 32.2 Å². The quantitative estimate of drug-likeness (QED) is 0.694. The van der Waals surface area contributed by atoms with Gasteiger partial charge in [0.25, 0.3) is 0 Å². The standard InChI is InChI=1S/C10H15N3S/c1-12-4-8-2-7(11)3-13(8)10-6-14-5-9(10)12/h5-8H,2-4,11H2,1H3. The molecule has 2 unspecified atom stereocenters. The van der Waals surface area contributed by atoms with Crippen molar-refractivity contribution in [2.45, 2.75) is 18.5 Å². The van der Waals surface area contributed by atoms with Crippen LogP contribution < -0.4 is 15.5 Å². The number of anilines is 2. The van der Waals surface area contributed by atoms with Crippen molar-refractivity contribution >= 4 is 22.7 Å². The molecule has 0 bridgehead atoms. The molecule has 4 heteroatoms. The van der Waals surface area contributed by atoms with Crippen LogP contribution in [0.15, 0.2) is 10.8 Å². The van der Waals surface area contributed by atoms with Crippen LogP contribution in [0.3, 0.4) is 0 Å². The molecule has 1 aromatic heterocycles. The van der Waals surface area contributed by atoms with Gasteiger partial charge in [-0.3, -0.25) is 0 Å². The highest BCUT2D eigenvalue weighted by atomic mass is 32.1. The average Bonchev–Trinajstić information content (AvgIpc) is 2.69. The number of nitrogens with two attached hydrogens (primary N) is 1. The van der Waals surface area contributed by atoms with E-state index in [9.17, 15) is 0 Å². The van der Waals surface area contributed by atoms with Crippen LogP contribution in [0.25, 0.3) is 0 Å². The Labute approximate surface area is 88.1 Å². The molecule has 0 saturated carbocycles. The molecule has 1 fully saturated rings. The van der Waals surface area contributed by atoms with E-state index >= 15 is 0 Å². The lowest BCUT2D eigenvalue weighted by Gasteiger charge is -2.37. The van der Waals surface area contributed by atoms with Crippen molar-refractivity contribution < 1.29 is 0 Å². The van der Waals surface area contributed by atoms with Gasteiger partial charge in [0.2, 0.25) is 0 Å². The summed E-state index contributed by atoms with van der Waals surface area (Å²) in [7, 11) is 2.17. The number of rotatable bonds is 0. The van der Waals surface area contributed by atoms with E-state index < -0.39 is 0 Å². The molecule has 0 aromatic carbocycles. The maximum Gasteiger partial charge on any atom is 0.0716 e. The van der Waals surface area contributed by atoms with E-state index in [1.165, 1.54) is 11.4 Å². The van der Waals surface area contributed by atoms with Crippen molar-refractivity contribution in [3.05, 3.63) is 10.8 Å². The van der Waals surface area contributed by atoms with Crippen molar-refractivity contribution in [1.82, 2.24) is 0 Å². The first-order chi connectivity index (χ1) is 6.75. The van der Waals surface area contributed by atoms with Gasteiger partial charge in [-0.15, -0.1) is 11.3 Å². The SMILES string of the molecule is CN1CC2CC(N)CN2c2cscc21. The number of fused-ring (bicyclic) bond motifs is 3. The third-order valence-corrected chi connectivity index (χ3v) is 3.99. The second-order valence-electron chi connectivity index (χ2n) is 4.32. The highest BCUT2D eigenvalue weighted by molar-refractivity contribution is 7.09. The lowest BCUT2D eigenvalue weighted by molar-refractivity contribution is 0.620. The first kappa shape index (κ1) is 8.56. The van der Waals surface area contributed by atoms with Crippen LogP contribution in [0.2, 0.25) is 0 Å². The van der Waals surface area contributed by atoms with Crippen molar-refractivity contribution in [2.24, 2.45) is 5.73 Å². The Hall–Kier alpha value is -0.740. The van der Waals surface area contributed by atoms with Gasteiger partial charge in [-0.05, 0) is 6.42 Å². The van der Waals surface area contributed by atoms with E-state index in [1.807, 2.05) is 0 Å². The van der Waals surface area contributed by atoms with E-state index in [1.54, 1.807) is 11.3 Å². The monoisotopic (exact) mass is 209 g/mol. The second kappa shape index (κ2) is 2.87. The Kier molecular flexibility index (Phi) is 1.76. The summed E-state index contributed by atoms with van der Waals surface area (Å²) in [5, 5.41) is 4.48. The van der Waals surface area contributed by atoms with Crippen LogP contribution >= 0.6 is 11.3 Å². The minimum Gasteiger partial charge on any atom is -0.370 e. The maximum absolute atomic E-state index is 6.01. The van der Waals surface area contributed by atoms with Gasteiger partial charge < -0.3 is 15.5 Å². The smallest absolute Gasteiger partial charge is 0.0716 e. The molecule has 0 radical (unpaired) electrons. The molecule has 14 heavy (non-hydrogen) atoms. The van der Waals surface area contributed by atoms with Gasteiger partial charge >= 0.3 is 0 Å². The minimum atomic E-state index is 0.360. The predicted octanol–water partition coefficient (Wildman–Crippen LogP) is 1.10. The van der Waals surface area contributed by atoms with Crippen LogP contribution in [0.5, 0.6) is 0 Å². The lowest BCUT2D eigenvalue weighted by Crippen LogP contribution is -2.43. The first-order valence-electron chi connectivity index (χ1n) is 5.05. The summed E-state index contributed by atoms with van der Waals surface area (Å²) in [6.07, 6.45) is 1.14. The fraction of sp³-hybridized carbons (Fsp3) is 0.600. The van der Waals surface area contributed by atoms with Gasteiger partial charge in [0.1, 0.15) is 0 Å². The number of hydrogen-bond donors (Lipinski definition) is 1. The summed E-state index contributed by atoms with van der Waals surface area (Å²) in [6.45, 7) is 2.15. The van der Waals surface area contributed by atoms with E-state index in [2.05, 4.69) is 27.6 Å². The molecule has 0 amide bonds. The van der Waals surface area contributed by atoms with Crippen molar-refractivity contribution in [3.8, 4) is 0 Å². The molecule has 3 nitrogen and oxygen atoms in total. The normalized spacial score (nSPS) is 30.4.